The number of aromatic nitrogens is 1. The summed E-state index contributed by atoms with van der Waals surface area (Å²) in [7, 11) is 3.20. The third kappa shape index (κ3) is 4.33. The van der Waals surface area contributed by atoms with Crippen molar-refractivity contribution in [3.63, 3.8) is 0 Å². The highest BCUT2D eigenvalue weighted by molar-refractivity contribution is 7.11. The normalized spacial score (nSPS) is 11.0. The van der Waals surface area contributed by atoms with Crippen LogP contribution in [0.5, 0.6) is 17.2 Å². The van der Waals surface area contributed by atoms with Crippen molar-refractivity contribution >= 4 is 23.0 Å². The van der Waals surface area contributed by atoms with Crippen LogP contribution < -0.4 is 14.2 Å². The summed E-state index contributed by atoms with van der Waals surface area (Å²) >= 11 is 1.43. The van der Waals surface area contributed by atoms with E-state index in [1.165, 1.54) is 11.3 Å². The largest absolute Gasteiger partial charge is 0.497 e. The van der Waals surface area contributed by atoms with Crippen molar-refractivity contribution in [1.29, 1.82) is 5.26 Å². The second kappa shape index (κ2) is 9.07. The standard InChI is InChI=1S/C22H20N2O3S/c1-4-27-18-7-5-15(6-8-18)20-14-28-22(24-20)17(13-23)11-16-12-19(25-2)9-10-21(16)26-3/h5-12,14H,4H2,1-3H3/b17-11+. The second-order valence-corrected chi connectivity index (χ2v) is 6.63. The summed E-state index contributed by atoms with van der Waals surface area (Å²) in [6.45, 7) is 2.58. The van der Waals surface area contributed by atoms with Crippen molar-refractivity contribution in [2.24, 2.45) is 0 Å². The molecular formula is C22H20N2O3S. The van der Waals surface area contributed by atoms with Gasteiger partial charge in [0.2, 0.25) is 0 Å². The molecule has 0 aliphatic heterocycles. The summed E-state index contributed by atoms with van der Waals surface area (Å²) in [6, 6.07) is 15.5. The maximum absolute atomic E-state index is 9.67. The molecule has 0 amide bonds. The molecule has 0 aliphatic rings. The molecule has 0 N–H and O–H groups in total. The van der Waals surface area contributed by atoms with Crippen LogP contribution in [0.1, 0.15) is 17.5 Å². The van der Waals surface area contributed by atoms with Crippen LogP contribution in [0.2, 0.25) is 0 Å². The van der Waals surface area contributed by atoms with Crippen LogP contribution in [-0.2, 0) is 0 Å². The molecule has 3 rings (SSSR count). The minimum absolute atomic E-state index is 0.466. The van der Waals surface area contributed by atoms with E-state index in [1.807, 2.05) is 54.8 Å². The number of thiazole rings is 1. The Balaban J connectivity index is 1.92. The van der Waals surface area contributed by atoms with Gasteiger partial charge in [-0.05, 0) is 55.5 Å². The maximum atomic E-state index is 9.67. The van der Waals surface area contributed by atoms with Crippen LogP contribution >= 0.6 is 11.3 Å². The van der Waals surface area contributed by atoms with E-state index < -0.39 is 0 Å². The average molecular weight is 392 g/mol. The first-order chi connectivity index (χ1) is 13.7. The van der Waals surface area contributed by atoms with Gasteiger partial charge in [-0.3, -0.25) is 0 Å². The van der Waals surface area contributed by atoms with Crippen LogP contribution in [0.25, 0.3) is 22.9 Å². The topological polar surface area (TPSA) is 64.4 Å². The Morgan fingerprint density at radius 2 is 1.86 bits per heavy atom. The molecule has 0 saturated carbocycles. The van der Waals surface area contributed by atoms with E-state index in [4.69, 9.17) is 14.2 Å². The predicted octanol–water partition coefficient (Wildman–Crippen LogP) is 5.29. The number of nitrogens with zero attached hydrogens (tertiary/aromatic N) is 2. The average Bonchev–Trinajstić information content (AvgIpc) is 3.22. The highest BCUT2D eigenvalue weighted by atomic mass is 32.1. The molecule has 0 saturated heterocycles. The molecule has 0 unspecified atom stereocenters. The molecule has 0 aliphatic carbocycles. The number of rotatable bonds is 7. The minimum atomic E-state index is 0.466. The van der Waals surface area contributed by atoms with E-state index in [1.54, 1.807) is 20.3 Å². The van der Waals surface area contributed by atoms with Gasteiger partial charge in [0.1, 0.15) is 28.3 Å². The first kappa shape index (κ1) is 19.5. The number of hydrogen-bond acceptors (Lipinski definition) is 6. The monoisotopic (exact) mass is 392 g/mol. The van der Waals surface area contributed by atoms with Gasteiger partial charge < -0.3 is 14.2 Å². The van der Waals surface area contributed by atoms with Gasteiger partial charge >= 0.3 is 0 Å². The van der Waals surface area contributed by atoms with Gasteiger partial charge in [-0.1, -0.05) is 0 Å². The lowest BCUT2D eigenvalue weighted by Crippen LogP contribution is -1.91. The van der Waals surface area contributed by atoms with Crippen molar-refractivity contribution in [3.8, 4) is 34.6 Å². The Bertz CT molecular complexity index is 1020. The summed E-state index contributed by atoms with van der Waals surface area (Å²) in [5.41, 5.74) is 3.02. The lowest BCUT2D eigenvalue weighted by atomic mass is 10.1. The van der Waals surface area contributed by atoms with Gasteiger partial charge in [0.25, 0.3) is 0 Å². The van der Waals surface area contributed by atoms with Crippen molar-refractivity contribution in [2.75, 3.05) is 20.8 Å². The van der Waals surface area contributed by atoms with Crippen molar-refractivity contribution in [3.05, 3.63) is 58.4 Å². The van der Waals surface area contributed by atoms with Gasteiger partial charge in [-0.25, -0.2) is 4.98 Å². The van der Waals surface area contributed by atoms with Gasteiger partial charge in [0.15, 0.2) is 0 Å². The van der Waals surface area contributed by atoms with E-state index in [0.29, 0.717) is 28.7 Å². The Morgan fingerprint density at radius 3 is 2.50 bits per heavy atom. The van der Waals surface area contributed by atoms with Gasteiger partial charge in [0, 0.05) is 16.5 Å². The molecule has 0 radical (unpaired) electrons. The number of benzene rings is 2. The van der Waals surface area contributed by atoms with Crippen molar-refractivity contribution in [1.82, 2.24) is 4.98 Å². The third-order valence-electron chi connectivity index (χ3n) is 4.05. The molecule has 28 heavy (non-hydrogen) atoms. The fourth-order valence-electron chi connectivity index (χ4n) is 2.67. The summed E-state index contributed by atoms with van der Waals surface area (Å²) in [4.78, 5) is 4.64. The second-order valence-electron chi connectivity index (χ2n) is 5.77. The summed E-state index contributed by atoms with van der Waals surface area (Å²) in [5.74, 6) is 2.18. The molecule has 0 atom stereocenters. The number of hydrogen-bond donors (Lipinski definition) is 0. The van der Waals surface area contributed by atoms with Crippen molar-refractivity contribution in [2.45, 2.75) is 6.92 Å². The molecule has 3 aromatic rings. The fraction of sp³-hybridized carbons (Fsp3) is 0.182. The zero-order valence-corrected chi connectivity index (χ0v) is 16.7. The molecule has 2 aromatic carbocycles. The highest BCUT2D eigenvalue weighted by Crippen LogP contribution is 2.31. The number of nitriles is 1. The third-order valence-corrected chi connectivity index (χ3v) is 4.93. The zero-order chi connectivity index (χ0) is 19.9. The SMILES string of the molecule is CCOc1ccc(-c2csc(/C(C#N)=C/c3cc(OC)ccc3OC)n2)cc1. The van der Waals surface area contributed by atoms with Crippen molar-refractivity contribution < 1.29 is 14.2 Å². The van der Waals surface area contributed by atoms with E-state index >= 15 is 0 Å². The highest BCUT2D eigenvalue weighted by Gasteiger charge is 2.11. The summed E-state index contributed by atoms with van der Waals surface area (Å²) in [6.07, 6.45) is 1.77. The van der Waals surface area contributed by atoms with E-state index in [9.17, 15) is 5.26 Å². The Labute approximate surface area is 168 Å². The quantitative estimate of drug-likeness (QED) is 0.511. The molecule has 1 aromatic heterocycles. The minimum Gasteiger partial charge on any atom is -0.497 e. The van der Waals surface area contributed by atoms with Crippen LogP contribution in [0.3, 0.4) is 0 Å². The predicted molar refractivity (Wildman–Crippen MR) is 112 cm³/mol. The van der Waals surface area contributed by atoms with Crippen LogP contribution in [0.15, 0.2) is 47.8 Å². The van der Waals surface area contributed by atoms with Crippen LogP contribution in [0, 0.1) is 11.3 Å². The van der Waals surface area contributed by atoms with Crippen LogP contribution in [-0.4, -0.2) is 25.8 Å². The molecule has 6 heteroatoms. The summed E-state index contributed by atoms with van der Waals surface area (Å²) < 4.78 is 16.1. The van der Waals surface area contributed by atoms with Crippen LogP contribution in [0.4, 0.5) is 0 Å². The smallest absolute Gasteiger partial charge is 0.134 e. The number of ether oxygens (including phenoxy) is 3. The fourth-order valence-corrected chi connectivity index (χ4v) is 3.46. The zero-order valence-electron chi connectivity index (χ0n) is 15.9. The molecule has 5 nitrogen and oxygen atoms in total. The molecule has 1 heterocycles. The molecule has 142 valence electrons. The van der Waals surface area contributed by atoms with E-state index in [0.717, 1.165) is 22.6 Å². The Kier molecular flexibility index (Phi) is 6.30. The van der Waals surface area contributed by atoms with Gasteiger partial charge in [-0.2, -0.15) is 5.26 Å². The first-order valence-corrected chi connectivity index (χ1v) is 9.59. The number of allylic oxidation sites excluding steroid dienone is 1. The number of methoxy groups -OCH3 is 2. The lowest BCUT2D eigenvalue weighted by molar-refractivity contribution is 0.340. The molecule has 0 bridgehead atoms. The first-order valence-electron chi connectivity index (χ1n) is 8.71. The Hall–Kier alpha value is -3.30. The molecule has 0 spiro atoms. The van der Waals surface area contributed by atoms with Gasteiger partial charge in [0.05, 0.1) is 32.1 Å². The van der Waals surface area contributed by atoms with E-state index in [2.05, 4.69) is 11.1 Å². The molecular weight excluding hydrogens is 372 g/mol. The Morgan fingerprint density at radius 1 is 1.11 bits per heavy atom. The maximum Gasteiger partial charge on any atom is 0.134 e. The van der Waals surface area contributed by atoms with Gasteiger partial charge in [-0.15, -0.1) is 11.3 Å². The summed E-state index contributed by atoms with van der Waals surface area (Å²) in [5, 5.41) is 12.3. The molecule has 0 fully saturated rings. The lowest BCUT2D eigenvalue weighted by Gasteiger charge is -2.07. The van der Waals surface area contributed by atoms with E-state index in [-0.39, 0.29) is 0 Å².